The average molecular weight is 600 g/mol. The molecule has 0 saturated carbocycles. The highest BCUT2D eigenvalue weighted by Crippen LogP contribution is 2.28. The first-order valence-corrected chi connectivity index (χ1v) is 15.8. The molecule has 1 aliphatic rings. The van der Waals surface area contributed by atoms with Crippen LogP contribution < -0.4 is 4.72 Å². The lowest BCUT2D eigenvalue weighted by Crippen LogP contribution is -2.49. The number of aryl methyl sites for hydroxylation is 1. The van der Waals surface area contributed by atoms with Crippen molar-refractivity contribution < 1.29 is 27.4 Å². The largest absolute Gasteiger partial charge is 0.493 e. The molecular formula is C35H37NO6S. The Morgan fingerprint density at radius 2 is 1.23 bits per heavy atom. The van der Waals surface area contributed by atoms with E-state index in [2.05, 4.69) is 4.72 Å². The molecule has 0 aromatic heterocycles. The summed E-state index contributed by atoms with van der Waals surface area (Å²) in [6, 6.07) is 36.4. The average Bonchev–Trinajstić information content (AvgIpc) is 3.04. The lowest BCUT2D eigenvalue weighted by atomic mass is 9.98. The van der Waals surface area contributed by atoms with Crippen LogP contribution in [0, 0.1) is 6.92 Å². The Morgan fingerprint density at radius 3 is 1.81 bits per heavy atom. The third kappa shape index (κ3) is 8.86. The van der Waals surface area contributed by atoms with Gasteiger partial charge in [0.1, 0.15) is 18.3 Å². The molecule has 0 unspecified atom stereocenters. The van der Waals surface area contributed by atoms with E-state index in [-0.39, 0.29) is 18.0 Å². The van der Waals surface area contributed by atoms with Crippen LogP contribution >= 0.6 is 0 Å². The Hall–Kier alpha value is -3.79. The maximum Gasteiger partial charge on any atom is 0.240 e. The van der Waals surface area contributed by atoms with Gasteiger partial charge in [-0.25, -0.2) is 13.1 Å². The van der Waals surface area contributed by atoms with Gasteiger partial charge in [0.25, 0.3) is 0 Å². The molecular weight excluding hydrogens is 562 g/mol. The Kier molecular flexibility index (Phi) is 10.8. The third-order valence-electron chi connectivity index (χ3n) is 7.17. The molecule has 224 valence electrons. The second-order valence-electron chi connectivity index (χ2n) is 10.5. The van der Waals surface area contributed by atoms with Gasteiger partial charge in [-0.3, -0.25) is 0 Å². The molecule has 1 aliphatic heterocycles. The van der Waals surface area contributed by atoms with Crippen molar-refractivity contribution in [2.45, 2.75) is 50.0 Å². The second-order valence-corrected chi connectivity index (χ2v) is 12.3. The van der Waals surface area contributed by atoms with E-state index < -0.39 is 28.3 Å². The fourth-order valence-electron chi connectivity index (χ4n) is 4.77. The van der Waals surface area contributed by atoms with Crippen molar-refractivity contribution in [3.8, 4) is 0 Å². The number of ether oxygens (including phenoxy) is 4. The SMILES string of the molecule is Cc1ccc(S(=O)(=O)NCC2=CO[C@H](COCc3ccccc3)[C@@H](OCc3ccccc3)[C@@H]2OCc2ccccc2)cc1. The van der Waals surface area contributed by atoms with Gasteiger partial charge in [0.05, 0.1) is 37.6 Å². The summed E-state index contributed by atoms with van der Waals surface area (Å²) in [6.07, 6.45) is -0.0513. The van der Waals surface area contributed by atoms with Crippen molar-refractivity contribution in [1.82, 2.24) is 4.72 Å². The Morgan fingerprint density at radius 1 is 0.698 bits per heavy atom. The number of nitrogens with one attached hydrogen (secondary N) is 1. The summed E-state index contributed by atoms with van der Waals surface area (Å²) < 4.78 is 54.2. The third-order valence-corrected chi connectivity index (χ3v) is 8.59. The molecule has 0 radical (unpaired) electrons. The highest BCUT2D eigenvalue weighted by Gasteiger charge is 2.39. The number of sulfonamides is 1. The fraction of sp³-hybridized carbons (Fsp3) is 0.257. The minimum Gasteiger partial charge on any atom is -0.493 e. The molecule has 8 heteroatoms. The molecule has 0 bridgehead atoms. The fourth-order valence-corrected chi connectivity index (χ4v) is 5.79. The molecule has 0 spiro atoms. The molecule has 0 saturated heterocycles. The van der Waals surface area contributed by atoms with Gasteiger partial charge in [0, 0.05) is 12.1 Å². The second kappa shape index (κ2) is 15.1. The van der Waals surface area contributed by atoms with E-state index in [9.17, 15) is 8.42 Å². The molecule has 1 heterocycles. The van der Waals surface area contributed by atoms with E-state index in [0.29, 0.717) is 25.4 Å². The quantitative estimate of drug-likeness (QED) is 0.193. The van der Waals surface area contributed by atoms with Crippen LogP contribution in [0.3, 0.4) is 0 Å². The summed E-state index contributed by atoms with van der Waals surface area (Å²) in [5.74, 6) is 0. The molecule has 4 aromatic carbocycles. The summed E-state index contributed by atoms with van der Waals surface area (Å²) in [5.41, 5.74) is 4.66. The molecule has 0 amide bonds. The zero-order chi connectivity index (χ0) is 29.9. The van der Waals surface area contributed by atoms with Crippen molar-refractivity contribution in [3.05, 3.63) is 149 Å². The zero-order valence-corrected chi connectivity index (χ0v) is 25.0. The number of rotatable bonds is 14. The molecule has 5 rings (SSSR count). The summed E-state index contributed by atoms with van der Waals surface area (Å²) in [5, 5.41) is 0. The molecule has 43 heavy (non-hydrogen) atoms. The molecule has 1 N–H and O–H groups in total. The van der Waals surface area contributed by atoms with Gasteiger partial charge in [-0.05, 0) is 35.7 Å². The van der Waals surface area contributed by atoms with Gasteiger partial charge in [-0.2, -0.15) is 0 Å². The van der Waals surface area contributed by atoms with Crippen LogP contribution in [0.1, 0.15) is 22.3 Å². The van der Waals surface area contributed by atoms with Crippen LogP contribution in [0.2, 0.25) is 0 Å². The molecule has 3 atom stereocenters. The van der Waals surface area contributed by atoms with Crippen molar-refractivity contribution >= 4 is 10.0 Å². The van der Waals surface area contributed by atoms with Crippen LogP contribution in [0.4, 0.5) is 0 Å². The minimum atomic E-state index is -3.77. The maximum atomic E-state index is 13.1. The first-order valence-electron chi connectivity index (χ1n) is 14.3. The van der Waals surface area contributed by atoms with Gasteiger partial charge < -0.3 is 18.9 Å². The van der Waals surface area contributed by atoms with E-state index in [1.54, 1.807) is 30.5 Å². The first kappa shape index (κ1) is 30.7. The lowest BCUT2D eigenvalue weighted by Gasteiger charge is -2.38. The van der Waals surface area contributed by atoms with Gasteiger partial charge in [0.2, 0.25) is 10.0 Å². The molecule has 7 nitrogen and oxygen atoms in total. The Balaban J connectivity index is 1.37. The monoisotopic (exact) mass is 599 g/mol. The van der Waals surface area contributed by atoms with E-state index in [1.807, 2.05) is 97.9 Å². The zero-order valence-electron chi connectivity index (χ0n) is 24.2. The van der Waals surface area contributed by atoms with Crippen molar-refractivity contribution in [2.24, 2.45) is 0 Å². The lowest BCUT2D eigenvalue weighted by molar-refractivity contribution is -0.152. The summed E-state index contributed by atoms with van der Waals surface area (Å²) in [4.78, 5) is 0.196. The minimum absolute atomic E-state index is 0.00153. The Labute approximate surface area is 254 Å². The van der Waals surface area contributed by atoms with Gasteiger partial charge in [-0.1, -0.05) is 109 Å². The first-order chi connectivity index (χ1) is 21.0. The van der Waals surface area contributed by atoms with Crippen LogP contribution in [-0.2, 0) is 48.8 Å². The van der Waals surface area contributed by atoms with E-state index >= 15 is 0 Å². The van der Waals surface area contributed by atoms with E-state index in [0.717, 1.165) is 22.3 Å². The standard InChI is InChI=1S/C35H37NO6S/c1-27-17-19-32(20-18-27)43(37,38)36-21-31-25-40-33(26-39-22-28-11-5-2-6-12-28)35(42-24-30-15-9-4-10-16-30)34(31)41-23-29-13-7-3-8-14-29/h2-20,25,33-36H,21-24,26H2,1H3/t33-,34-,35-/m1/s1. The highest BCUT2D eigenvalue weighted by atomic mass is 32.2. The predicted molar refractivity (Wildman–Crippen MR) is 165 cm³/mol. The van der Waals surface area contributed by atoms with E-state index in [4.69, 9.17) is 18.9 Å². The van der Waals surface area contributed by atoms with E-state index in [1.165, 1.54) is 0 Å². The summed E-state index contributed by atoms with van der Waals surface area (Å²) in [7, 11) is -3.77. The van der Waals surface area contributed by atoms with Gasteiger partial charge >= 0.3 is 0 Å². The van der Waals surface area contributed by atoms with Gasteiger partial charge in [0.15, 0.2) is 0 Å². The summed E-state index contributed by atoms with van der Waals surface area (Å²) in [6.45, 7) is 3.25. The van der Waals surface area contributed by atoms with Crippen LogP contribution in [0.25, 0.3) is 0 Å². The predicted octanol–water partition coefficient (Wildman–Crippen LogP) is 5.94. The van der Waals surface area contributed by atoms with Crippen molar-refractivity contribution in [2.75, 3.05) is 13.2 Å². The maximum absolute atomic E-state index is 13.1. The van der Waals surface area contributed by atoms with Crippen molar-refractivity contribution in [3.63, 3.8) is 0 Å². The molecule has 4 aromatic rings. The van der Waals surface area contributed by atoms with Crippen molar-refractivity contribution in [1.29, 1.82) is 0 Å². The normalized spacial score (nSPS) is 18.5. The topological polar surface area (TPSA) is 83.1 Å². The van der Waals surface area contributed by atoms with Crippen LogP contribution in [-0.4, -0.2) is 39.9 Å². The number of hydrogen-bond donors (Lipinski definition) is 1. The summed E-state index contributed by atoms with van der Waals surface area (Å²) >= 11 is 0. The van der Waals surface area contributed by atoms with Crippen LogP contribution in [0.15, 0.2) is 132 Å². The number of benzene rings is 4. The smallest absolute Gasteiger partial charge is 0.240 e. The van der Waals surface area contributed by atoms with Crippen LogP contribution in [0.5, 0.6) is 0 Å². The molecule has 0 fully saturated rings. The Bertz CT molecular complexity index is 1540. The molecule has 0 aliphatic carbocycles. The van der Waals surface area contributed by atoms with Gasteiger partial charge in [-0.15, -0.1) is 0 Å². The number of hydrogen-bond acceptors (Lipinski definition) is 6. The highest BCUT2D eigenvalue weighted by molar-refractivity contribution is 7.89.